The van der Waals surface area contributed by atoms with E-state index in [-0.39, 0.29) is 5.56 Å². The van der Waals surface area contributed by atoms with Gasteiger partial charge in [-0.05, 0) is 29.8 Å². The van der Waals surface area contributed by atoms with Crippen molar-refractivity contribution >= 4 is 28.9 Å². The Bertz CT molecular complexity index is 646. The van der Waals surface area contributed by atoms with Gasteiger partial charge in [0.25, 0.3) is 0 Å². The molecule has 0 amide bonds. The van der Waals surface area contributed by atoms with Gasteiger partial charge in [-0.1, -0.05) is 11.6 Å². The van der Waals surface area contributed by atoms with Crippen molar-refractivity contribution < 1.29 is 9.90 Å². The number of rotatable bonds is 4. The van der Waals surface area contributed by atoms with Crippen LogP contribution in [0.15, 0.2) is 36.7 Å². The quantitative estimate of drug-likeness (QED) is 0.847. The van der Waals surface area contributed by atoms with E-state index >= 15 is 0 Å². The van der Waals surface area contributed by atoms with Crippen molar-refractivity contribution in [3.63, 3.8) is 0 Å². The fraction of sp³-hybridized carbons (Fsp3) is 0.143. The highest BCUT2D eigenvalue weighted by Crippen LogP contribution is 2.25. The summed E-state index contributed by atoms with van der Waals surface area (Å²) in [6.45, 7) is 0.478. The standard InChI is InChI=1S/C14H14ClN3O2/c1-18(8-9-4-5-17-7-12(9)15)13-3-2-10(16)6-11(13)14(19)20/h2-7H,8,16H2,1H3,(H,19,20). The molecule has 0 radical (unpaired) electrons. The van der Waals surface area contributed by atoms with Gasteiger partial charge in [0.05, 0.1) is 16.3 Å². The zero-order valence-electron chi connectivity index (χ0n) is 10.9. The lowest BCUT2D eigenvalue weighted by Gasteiger charge is -2.22. The number of benzene rings is 1. The minimum Gasteiger partial charge on any atom is -0.478 e. The second-order valence-corrected chi connectivity index (χ2v) is 4.81. The second-order valence-electron chi connectivity index (χ2n) is 4.40. The van der Waals surface area contributed by atoms with Crippen LogP contribution in [-0.4, -0.2) is 23.1 Å². The predicted molar refractivity (Wildman–Crippen MR) is 79.2 cm³/mol. The first-order valence-electron chi connectivity index (χ1n) is 5.91. The predicted octanol–water partition coefficient (Wildman–Crippen LogP) is 2.65. The normalized spacial score (nSPS) is 10.3. The average molecular weight is 292 g/mol. The van der Waals surface area contributed by atoms with Gasteiger partial charge in [0, 0.05) is 31.7 Å². The molecule has 1 aromatic heterocycles. The lowest BCUT2D eigenvalue weighted by Crippen LogP contribution is -2.19. The van der Waals surface area contributed by atoms with Crippen molar-refractivity contribution in [2.75, 3.05) is 17.7 Å². The largest absolute Gasteiger partial charge is 0.478 e. The Labute approximate surface area is 121 Å². The van der Waals surface area contributed by atoms with Crippen molar-refractivity contribution in [1.82, 2.24) is 4.98 Å². The Balaban J connectivity index is 2.32. The van der Waals surface area contributed by atoms with E-state index in [0.29, 0.717) is 22.9 Å². The van der Waals surface area contributed by atoms with Gasteiger partial charge in [-0.15, -0.1) is 0 Å². The topological polar surface area (TPSA) is 79.5 Å². The van der Waals surface area contributed by atoms with Crippen LogP contribution in [0.4, 0.5) is 11.4 Å². The van der Waals surface area contributed by atoms with Crippen LogP contribution in [0.3, 0.4) is 0 Å². The first-order chi connectivity index (χ1) is 9.49. The number of nitrogen functional groups attached to an aromatic ring is 1. The zero-order chi connectivity index (χ0) is 14.7. The van der Waals surface area contributed by atoms with Gasteiger partial charge in [0.1, 0.15) is 0 Å². The van der Waals surface area contributed by atoms with Crippen LogP contribution >= 0.6 is 11.6 Å². The maximum absolute atomic E-state index is 11.3. The highest BCUT2D eigenvalue weighted by atomic mass is 35.5. The number of carboxylic acids is 1. The summed E-state index contributed by atoms with van der Waals surface area (Å²) in [6, 6.07) is 6.61. The van der Waals surface area contributed by atoms with Crippen molar-refractivity contribution in [2.24, 2.45) is 0 Å². The minimum atomic E-state index is -1.01. The van der Waals surface area contributed by atoms with Crippen LogP contribution in [-0.2, 0) is 6.54 Å². The van der Waals surface area contributed by atoms with Crippen LogP contribution in [0, 0.1) is 0 Å². The molecule has 0 bridgehead atoms. The molecule has 5 nitrogen and oxygen atoms in total. The number of nitrogens with zero attached hydrogens (tertiary/aromatic N) is 2. The SMILES string of the molecule is CN(Cc1ccncc1Cl)c1ccc(N)cc1C(=O)O. The third-order valence-electron chi connectivity index (χ3n) is 2.93. The average Bonchev–Trinajstić information content (AvgIpc) is 2.41. The van der Waals surface area contributed by atoms with Crippen LogP contribution in [0.25, 0.3) is 0 Å². The highest BCUT2D eigenvalue weighted by molar-refractivity contribution is 6.31. The van der Waals surface area contributed by atoms with Gasteiger partial charge >= 0.3 is 5.97 Å². The minimum absolute atomic E-state index is 0.165. The summed E-state index contributed by atoms with van der Waals surface area (Å²) < 4.78 is 0. The lowest BCUT2D eigenvalue weighted by atomic mass is 10.1. The monoisotopic (exact) mass is 291 g/mol. The maximum Gasteiger partial charge on any atom is 0.337 e. The summed E-state index contributed by atoms with van der Waals surface area (Å²) in [6.07, 6.45) is 3.21. The third-order valence-corrected chi connectivity index (χ3v) is 3.27. The van der Waals surface area contributed by atoms with Gasteiger partial charge in [0.2, 0.25) is 0 Å². The number of carbonyl (C=O) groups is 1. The fourth-order valence-corrected chi connectivity index (χ4v) is 2.11. The molecule has 0 saturated heterocycles. The first kappa shape index (κ1) is 14.1. The Morgan fingerprint density at radius 3 is 2.85 bits per heavy atom. The molecule has 20 heavy (non-hydrogen) atoms. The van der Waals surface area contributed by atoms with Crippen LogP contribution in [0.5, 0.6) is 0 Å². The molecule has 6 heteroatoms. The van der Waals surface area contributed by atoms with E-state index in [1.807, 2.05) is 4.90 Å². The van der Waals surface area contributed by atoms with Gasteiger partial charge < -0.3 is 15.7 Å². The second kappa shape index (κ2) is 5.79. The molecule has 0 aliphatic heterocycles. The molecule has 0 aliphatic carbocycles. The fourth-order valence-electron chi connectivity index (χ4n) is 1.93. The number of aromatic carboxylic acids is 1. The Kier molecular flexibility index (Phi) is 4.10. The van der Waals surface area contributed by atoms with Gasteiger partial charge in [-0.2, -0.15) is 0 Å². The van der Waals surface area contributed by atoms with E-state index in [9.17, 15) is 9.90 Å². The van der Waals surface area contributed by atoms with E-state index in [1.165, 1.54) is 6.07 Å². The van der Waals surface area contributed by atoms with Crippen LogP contribution in [0.2, 0.25) is 5.02 Å². The van der Waals surface area contributed by atoms with Gasteiger partial charge in [-0.25, -0.2) is 4.79 Å². The molecular formula is C14H14ClN3O2. The Morgan fingerprint density at radius 1 is 1.45 bits per heavy atom. The zero-order valence-corrected chi connectivity index (χ0v) is 11.6. The number of halogens is 1. The van der Waals surface area contributed by atoms with Crippen molar-refractivity contribution in [1.29, 1.82) is 0 Å². The van der Waals surface area contributed by atoms with E-state index < -0.39 is 5.97 Å². The number of hydrogen-bond donors (Lipinski definition) is 2. The molecule has 0 unspecified atom stereocenters. The summed E-state index contributed by atoms with van der Waals surface area (Å²) in [5.74, 6) is -1.01. The smallest absolute Gasteiger partial charge is 0.337 e. The molecule has 3 N–H and O–H groups in total. The van der Waals surface area contributed by atoms with Crippen molar-refractivity contribution in [2.45, 2.75) is 6.54 Å². The highest BCUT2D eigenvalue weighted by Gasteiger charge is 2.15. The Hall–Kier alpha value is -2.27. The molecule has 2 rings (SSSR count). The molecule has 0 fully saturated rings. The number of carboxylic acid groups (broad SMARTS) is 1. The van der Waals surface area contributed by atoms with Crippen LogP contribution < -0.4 is 10.6 Å². The molecule has 0 atom stereocenters. The molecule has 2 aromatic rings. The van der Waals surface area contributed by atoms with Crippen molar-refractivity contribution in [3.8, 4) is 0 Å². The molecule has 1 aromatic carbocycles. The van der Waals surface area contributed by atoms with E-state index in [4.69, 9.17) is 17.3 Å². The van der Waals surface area contributed by atoms with Gasteiger partial charge in [0.15, 0.2) is 0 Å². The molecule has 0 aliphatic rings. The molecule has 104 valence electrons. The number of hydrogen-bond acceptors (Lipinski definition) is 4. The van der Waals surface area contributed by atoms with E-state index in [0.717, 1.165) is 5.56 Å². The maximum atomic E-state index is 11.3. The Morgan fingerprint density at radius 2 is 2.20 bits per heavy atom. The van der Waals surface area contributed by atoms with E-state index in [1.54, 1.807) is 37.6 Å². The lowest BCUT2D eigenvalue weighted by molar-refractivity contribution is 0.0697. The summed E-state index contributed by atoms with van der Waals surface area (Å²) in [5.41, 5.74) is 7.67. The summed E-state index contributed by atoms with van der Waals surface area (Å²) >= 11 is 6.06. The molecular weight excluding hydrogens is 278 g/mol. The summed E-state index contributed by atoms with van der Waals surface area (Å²) in [5, 5.41) is 9.79. The number of aromatic nitrogens is 1. The van der Waals surface area contributed by atoms with Gasteiger partial charge in [-0.3, -0.25) is 4.98 Å². The van der Waals surface area contributed by atoms with Crippen LogP contribution in [0.1, 0.15) is 15.9 Å². The summed E-state index contributed by atoms with van der Waals surface area (Å²) in [4.78, 5) is 17.0. The number of pyridine rings is 1. The van der Waals surface area contributed by atoms with Crippen molar-refractivity contribution in [3.05, 3.63) is 52.8 Å². The summed E-state index contributed by atoms with van der Waals surface area (Å²) in [7, 11) is 1.80. The third kappa shape index (κ3) is 3.00. The van der Waals surface area contributed by atoms with E-state index in [2.05, 4.69) is 4.98 Å². The molecule has 0 spiro atoms. The first-order valence-corrected chi connectivity index (χ1v) is 6.29. The number of anilines is 2. The number of nitrogens with two attached hydrogens (primary N) is 1. The molecule has 0 saturated carbocycles. The molecule has 1 heterocycles.